The summed E-state index contributed by atoms with van der Waals surface area (Å²) in [5, 5.41) is 4.60. The molecule has 2 aromatic heterocycles. The molecule has 15 heteroatoms. The molecule has 292 valence electrons. The van der Waals surface area contributed by atoms with Crippen molar-refractivity contribution in [1.29, 1.82) is 0 Å². The van der Waals surface area contributed by atoms with Gasteiger partial charge in [-0.15, -0.1) is 0 Å². The number of carbonyl (C=O) groups excluding carboxylic acids is 4. The number of aromatic nitrogens is 2. The van der Waals surface area contributed by atoms with Crippen molar-refractivity contribution in [3.8, 4) is 5.75 Å². The monoisotopic (exact) mass is 757 g/mol. The normalized spacial score (nSPS) is 17.8. The minimum absolute atomic E-state index is 0.0661. The Kier molecular flexibility index (Phi) is 12.6. The predicted molar refractivity (Wildman–Crippen MR) is 201 cm³/mol. The fourth-order valence-electron chi connectivity index (χ4n) is 7.31. The van der Waals surface area contributed by atoms with Crippen LogP contribution in [0.4, 0.5) is 5.69 Å². The van der Waals surface area contributed by atoms with Crippen LogP contribution in [-0.2, 0) is 40.3 Å². The first kappa shape index (κ1) is 38.3. The van der Waals surface area contributed by atoms with Crippen LogP contribution >= 0.6 is 0 Å². The van der Waals surface area contributed by atoms with Gasteiger partial charge in [-0.05, 0) is 55.7 Å². The number of ether oxygens (including phenoxy) is 6. The van der Waals surface area contributed by atoms with Gasteiger partial charge < -0.3 is 37.9 Å². The molecule has 5 heterocycles. The zero-order chi connectivity index (χ0) is 38.1. The van der Waals surface area contributed by atoms with Gasteiger partial charge in [0, 0.05) is 55.4 Å². The lowest BCUT2D eigenvalue weighted by atomic mass is 10.0. The van der Waals surface area contributed by atoms with Gasteiger partial charge in [-0.25, -0.2) is 0 Å². The molecule has 3 aliphatic rings. The van der Waals surface area contributed by atoms with Crippen LogP contribution < -0.4 is 15.0 Å². The Morgan fingerprint density at radius 3 is 2.09 bits per heavy atom. The largest absolute Gasteiger partial charge is 0.491 e. The smallest absolute Gasteiger partial charge is 0.262 e. The number of rotatable bonds is 19. The number of nitrogens with zero attached hydrogens (tertiary/aromatic N) is 4. The Labute approximate surface area is 318 Å². The number of fused-ring (bicyclic) bond motifs is 4. The van der Waals surface area contributed by atoms with Crippen molar-refractivity contribution in [2.75, 3.05) is 84.1 Å². The standard InChI is InChI=1S/C40H47N5O10/c1-43-34-8-11-41-26-33(34)30-4-2-27(24-36(30)43)44-12-9-28(10-13-44)54-22-20-52-18-16-50-14-15-51-17-19-53-21-23-55-29-3-5-31-32(25-29)40(49)45(39(31)48)35-6-7-37(46)42-38(35)47/h2-5,8,11,24-26,28,35H,6-7,9-10,12-23H2,1H3,(H,42,46,47). The molecule has 7 rings (SSSR count). The predicted octanol–water partition coefficient (Wildman–Crippen LogP) is 3.26. The van der Waals surface area contributed by atoms with E-state index >= 15 is 0 Å². The fraction of sp³-hybridized carbons (Fsp3) is 0.475. The number of aryl methyl sites for hydroxylation is 1. The summed E-state index contributed by atoms with van der Waals surface area (Å²) in [6, 6.07) is 12.4. The van der Waals surface area contributed by atoms with E-state index in [0.29, 0.717) is 65.2 Å². The summed E-state index contributed by atoms with van der Waals surface area (Å²) in [4.78, 5) is 57.2. The van der Waals surface area contributed by atoms with E-state index in [4.69, 9.17) is 28.4 Å². The number of benzene rings is 2. The first-order chi connectivity index (χ1) is 26.9. The molecule has 1 N–H and O–H groups in total. The van der Waals surface area contributed by atoms with Crippen LogP contribution in [0.3, 0.4) is 0 Å². The quantitative estimate of drug-likeness (QED) is 0.110. The summed E-state index contributed by atoms with van der Waals surface area (Å²) in [5.41, 5.74) is 4.02. The van der Waals surface area contributed by atoms with E-state index in [1.165, 1.54) is 39.6 Å². The second-order valence-corrected chi connectivity index (χ2v) is 13.7. The number of hydrogen-bond donors (Lipinski definition) is 1. The molecule has 1 atom stereocenters. The number of amides is 4. The molecular weight excluding hydrogens is 710 g/mol. The summed E-state index contributed by atoms with van der Waals surface area (Å²) in [6.07, 6.45) is 6.16. The molecular formula is C40H47N5O10. The number of carbonyl (C=O) groups is 4. The van der Waals surface area contributed by atoms with Gasteiger partial charge in [0.1, 0.15) is 18.4 Å². The van der Waals surface area contributed by atoms with Gasteiger partial charge in [0.05, 0.1) is 87.7 Å². The third-order valence-electron chi connectivity index (χ3n) is 10.2. The van der Waals surface area contributed by atoms with E-state index in [-0.39, 0.29) is 36.7 Å². The van der Waals surface area contributed by atoms with Crippen LogP contribution in [0.15, 0.2) is 54.9 Å². The minimum atomic E-state index is -1.01. The summed E-state index contributed by atoms with van der Waals surface area (Å²) < 4.78 is 36.4. The third-order valence-corrected chi connectivity index (χ3v) is 10.2. The highest BCUT2D eigenvalue weighted by molar-refractivity contribution is 6.23. The van der Waals surface area contributed by atoms with Crippen LogP contribution in [0.2, 0.25) is 0 Å². The molecule has 0 spiro atoms. The molecule has 3 aliphatic heterocycles. The molecule has 4 amide bonds. The lowest BCUT2D eigenvalue weighted by molar-refractivity contribution is -0.136. The first-order valence-electron chi connectivity index (χ1n) is 18.9. The number of piperidine rings is 2. The molecule has 2 saturated heterocycles. The van der Waals surface area contributed by atoms with Gasteiger partial charge in [0.25, 0.3) is 11.8 Å². The topological polar surface area (TPSA) is 160 Å². The average Bonchev–Trinajstić information content (AvgIpc) is 3.62. The zero-order valence-electron chi connectivity index (χ0n) is 31.0. The van der Waals surface area contributed by atoms with E-state index in [1.807, 2.05) is 12.4 Å². The first-order valence-corrected chi connectivity index (χ1v) is 18.9. The highest BCUT2D eigenvalue weighted by Gasteiger charge is 2.44. The molecule has 4 aromatic rings. The van der Waals surface area contributed by atoms with Gasteiger partial charge in [0.2, 0.25) is 11.8 Å². The summed E-state index contributed by atoms with van der Waals surface area (Å²) >= 11 is 0. The maximum atomic E-state index is 13.0. The third kappa shape index (κ3) is 8.97. The van der Waals surface area contributed by atoms with E-state index in [9.17, 15) is 19.2 Å². The summed E-state index contributed by atoms with van der Waals surface area (Å²) in [5.74, 6) is -1.80. The molecule has 0 saturated carbocycles. The van der Waals surface area contributed by atoms with Gasteiger partial charge in [-0.3, -0.25) is 34.4 Å². The Bertz CT molecular complexity index is 2010. The molecule has 0 radical (unpaired) electrons. The van der Waals surface area contributed by atoms with E-state index < -0.39 is 29.7 Å². The maximum Gasteiger partial charge on any atom is 0.262 e. The summed E-state index contributed by atoms with van der Waals surface area (Å²) in [6.45, 7) is 6.18. The molecule has 55 heavy (non-hydrogen) atoms. The molecule has 1 unspecified atom stereocenters. The van der Waals surface area contributed by atoms with Crippen LogP contribution in [0.25, 0.3) is 21.8 Å². The van der Waals surface area contributed by atoms with Crippen molar-refractivity contribution < 1.29 is 47.6 Å². The molecule has 2 aromatic carbocycles. The van der Waals surface area contributed by atoms with Gasteiger partial charge in [0.15, 0.2) is 0 Å². The maximum absolute atomic E-state index is 13.0. The van der Waals surface area contributed by atoms with Crippen molar-refractivity contribution in [3.63, 3.8) is 0 Å². The van der Waals surface area contributed by atoms with Crippen molar-refractivity contribution in [2.45, 2.75) is 37.8 Å². The lowest BCUT2D eigenvalue weighted by Crippen LogP contribution is -2.54. The van der Waals surface area contributed by atoms with Crippen LogP contribution in [0.1, 0.15) is 46.4 Å². The fourth-order valence-corrected chi connectivity index (χ4v) is 7.31. The highest BCUT2D eigenvalue weighted by Crippen LogP contribution is 2.32. The molecule has 2 fully saturated rings. The van der Waals surface area contributed by atoms with E-state index in [2.05, 4.69) is 51.1 Å². The summed E-state index contributed by atoms with van der Waals surface area (Å²) in [7, 11) is 2.11. The van der Waals surface area contributed by atoms with Crippen LogP contribution in [0, 0.1) is 0 Å². The number of pyridine rings is 1. The van der Waals surface area contributed by atoms with Crippen molar-refractivity contribution in [1.82, 2.24) is 19.8 Å². The molecule has 15 nitrogen and oxygen atoms in total. The SMILES string of the molecule is Cn1c2ccncc2c2ccc(N3CCC(OCCOCCOCCOCCOCCOc4ccc5c(c4)C(=O)N(C4CCC(=O)NC4=O)C5=O)CC3)cc21. The Balaban J connectivity index is 0.670. The Hall–Kier alpha value is -4.93. The van der Waals surface area contributed by atoms with Crippen molar-refractivity contribution in [3.05, 3.63) is 66.0 Å². The van der Waals surface area contributed by atoms with Crippen LogP contribution in [-0.4, -0.2) is 129 Å². The number of nitrogens with one attached hydrogen (secondary N) is 1. The second-order valence-electron chi connectivity index (χ2n) is 13.7. The Morgan fingerprint density at radius 2 is 1.38 bits per heavy atom. The van der Waals surface area contributed by atoms with Gasteiger partial charge >= 0.3 is 0 Å². The average molecular weight is 758 g/mol. The number of imide groups is 2. The van der Waals surface area contributed by atoms with E-state index in [1.54, 1.807) is 6.07 Å². The number of anilines is 1. The zero-order valence-corrected chi connectivity index (χ0v) is 31.0. The van der Waals surface area contributed by atoms with E-state index in [0.717, 1.165) is 30.8 Å². The van der Waals surface area contributed by atoms with Gasteiger partial charge in [-0.2, -0.15) is 0 Å². The minimum Gasteiger partial charge on any atom is -0.491 e. The van der Waals surface area contributed by atoms with Crippen LogP contribution in [0.5, 0.6) is 5.75 Å². The number of hydrogen-bond acceptors (Lipinski definition) is 12. The van der Waals surface area contributed by atoms with Gasteiger partial charge in [-0.1, -0.05) is 6.07 Å². The second kappa shape index (κ2) is 18.1. The molecule has 0 bridgehead atoms. The van der Waals surface area contributed by atoms with Crippen molar-refractivity contribution >= 4 is 51.1 Å². The van der Waals surface area contributed by atoms with Crippen molar-refractivity contribution in [2.24, 2.45) is 7.05 Å². The lowest BCUT2D eigenvalue weighted by Gasteiger charge is -2.33. The Morgan fingerprint density at radius 1 is 0.709 bits per heavy atom. The molecule has 0 aliphatic carbocycles. The highest BCUT2D eigenvalue weighted by atomic mass is 16.6.